The number of thiophene rings is 1. The van der Waals surface area contributed by atoms with Gasteiger partial charge >= 0.3 is 0 Å². The van der Waals surface area contributed by atoms with Crippen LogP contribution in [0.2, 0.25) is 0 Å². The van der Waals surface area contributed by atoms with Crippen LogP contribution in [0.3, 0.4) is 0 Å². The summed E-state index contributed by atoms with van der Waals surface area (Å²) in [4.78, 5) is 2.88. The van der Waals surface area contributed by atoms with E-state index in [4.69, 9.17) is 0 Å². The van der Waals surface area contributed by atoms with E-state index < -0.39 is 0 Å². The van der Waals surface area contributed by atoms with Crippen LogP contribution in [0.25, 0.3) is 10.4 Å². The fraction of sp³-hybridized carbons (Fsp3) is 0.474. The summed E-state index contributed by atoms with van der Waals surface area (Å²) < 4.78 is 0. The molecule has 0 radical (unpaired) electrons. The molecule has 0 saturated carbocycles. The topological polar surface area (TPSA) is 12.0 Å². The third-order valence-corrected chi connectivity index (χ3v) is 5.08. The Morgan fingerprint density at radius 2 is 1.81 bits per heavy atom. The third kappa shape index (κ3) is 4.18. The Morgan fingerprint density at radius 1 is 1.00 bits per heavy atom. The van der Waals surface area contributed by atoms with E-state index in [-0.39, 0.29) is 0 Å². The molecule has 1 aromatic heterocycles. The maximum Gasteiger partial charge on any atom is 0.0414 e. The highest BCUT2D eigenvalue weighted by Gasteiger charge is 2.13. The third-order valence-electron chi connectivity index (χ3n) is 3.85. The average molecular weight is 301 g/mol. The number of benzene rings is 1. The van der Waals surface area contributed by atoms with E-state index in [1.807, 2.05) is 11.3 Å². The smallest absolute Gasteiger partial charge is 0.0414 e. The lowest BCUT2D eigenvalue weighted by Gasteiger charge is -2.16. The summed E-state index contributed by atoms with van der Waals surface area (Å²) in [6, 6.07) is 13.9. The first-order chi connectivity index (χ1) is 10.3. The van der Waals surface area contributed by atoms with Gasteiger partial charge in [0.25, 0.3) is 0 Å². The van der Waals surface area contributed by atoms with E-state index in [0.29, 0.717) is 6.04 Å². The molecule has 0 fully saturated rings. The van der Waals surface area contributed by atoms with Gasteiger partial charge in [-0.1, -0.05) is 51.5 Å². The van der Waals surface area contributed by atoms with Gasteiger partial charge in [0.1, 0.15) is 0 Å². The largest absolute Gasteiger partial charge is 0.309 e. The Morgan fingerprint density at radius 3 is 2.52 bits per heavy atom. The Balaban J connectivity index is 2.23. The summed E-state index contributed by atoms with van der Waals surface area (Å²) in [5.74, 6) is 0. The lowest BCUT2D eigenvalue weighted by atomic mass is 10.0. The maximum atomic E-state index is 3.69. The van der Waals surface area contributed by atoms with Gasteiger partial charge in [-0.05, 0) is 49.1 Å². The van der Waals surface area contributed by atoms with Gasteiger partial charge in [-0.15, -0.1) is 11.3 Å². The molecule has 0 bridgehead atoms. The molecule has 2 aromatic rings. The molecule has 1 atom stereocenters. The predicted octanol–water partition coefficient (Wildman–Crippen LogP) is 5.82. The minimum Gasteiger partial charge on any atom is -0.309 e. The molecule has 0 amide bonds. The molecule has 1 heterocycles. The molecule has 2 heteroatoms. The van der Waals surface area contributed by atoms with Crippen LogP contribution in [0.15, 0.2) is 36.4 Å². The van der Waals surface area contributed by atoms with Crippen molar-refractivity contribution in [2.75, 3.05) is 6.54 Å². The predicted molar refractivity (Wildman–Crippen MR) is 95.1 cm³/mol. The first-order valence-corrected chi connectivity index (χ1v) is 9.03. The molecule has 1 N–H and O–H groups in total. The van der Waals surface area contributed by atoms with Crippen LogP contribution in [-0.2, 0) is 6.42 Å². The summed E-state index contributed by atoms with van der Waals surface area (Å²) in [5, 5.41) is 3.69. The number of rotatable bonds is 8. The second-order valence-corrected chi connectivity index (χ2v) is 6.62. The van der Waals surface area contributed by atoms with Crippen LogP contribution in [-0.4, -0.2) is 6.54 Å². The van der Waals surface area contributed by atoms with Crippen molar-refractivity contribution >= 4 is 11.3 Å². The Kier molecular flexibility index (Phi) is 6.47. The molecular formula is C19H27NS. The lowest BCUT2D eigenvalue weighted by molar-refractivity contribution is 0.501. The fourth-order valence-corrected chi connectivity index (χ4v) is 3.88. The van der Waals surface area contributed by atoms with Crippen LogP contribution in [0.1, 0.15) is 56.5 Å². The van der Waals surface area contributed by atoms with Crippen molar-refractivity contribution < 1.29 is 0 Å². The zero-order valence-corrected chi connectivity index (χ0v) is 14.3. The van der Waals surface area contributed by atoms with E-state index in [9.17, 15) is 0 Å². The van der Waals surface area contributed by atoms with Gasteiger partial charge in [-0.3, -0.25) is 0 Å². The Hall–Kier alpha value is -1.12. The average Bonchev–Trinajstić information content (AvgIpc) is 3.01. The highest BCUT2D eigenvalue weighted by atomic mass is 32.1. The zero-order valence-electron chi connectivity index (χ0n) is 13.5. The minimum absolute atomic E-state index is 0.516. The number of aryl methyl sites for hydroxylation is 1. The van der Waals surface area contributed by atoms with E-state index in [1.54, 1.807) is 0 Å². The second-order valence-electron chi connectivity index (χ2n) is 5.51. The van der Waals surface area contributed by atoms with Gasteiger partial charge in [-0.25, -0.2) is 0 Å². The molecule has 1 aromatic carbocycles. The monoisotopic (exact) mass is 301 g/mol. The van der Waals surface area contributed by atoms with Crippen molar-refractivity contribution in [3.63, 3.8) is 0 Å². The minimum atomic E-state index is 0.516. The maximum absolute atomic E-state index is 3.69. The highest BCUT2D eigenvalue weighted by Crippen LogP contribution is 2.34. The van der Waals surface area contributed by atoms with Gasteiger partial charge in [0.05, 0.1) is 0 Å². The normalized spacial score (nSPS) is 12.5. The summed E-state index contributed by atoms with van der Waals surface area (Å²) in [6.45, 7) is 7.83. The quantitative estimate of drug-likeness (QED) is 0.648. The molecule has 0 aliphatic heterocycles. The van der Waals surface area contributed by atoms with Crippen LogP contribution in [0, 0.1) is 0 Å². The van der Waals surface area contributed by atoms with Crippen molar-refractivity contribution in [2.45, 2.75) is 52.5 Å². The molecule has 114 valence electrons. The van der Waals surface area contributed by atoms with E-state index in [0.717, 1.165) is 13.0 Å². The molecule has 2 rings (SSSR count). The first-order valence-electron chi connectivity index (χ1n) is 8.21. The van der Waals surface area contributed by atoms with E-state index >= 15 is 0 Å². The van der Waals surface area contributed by atoms with Gasteiger partial charge < -0.3 is 5.32 Å². The van der Waals surface area contributed by atoms with Crippen molar-refractivity contribution in [1.82, 2.24) is 5.32 Å². The Labute approximate surface area is 133 Å². The molecule has 1 unspecified atom stereocenters. The molecular weight excluding hydrogens is 274 g/mol. The molecule has 1 nitrogen and oxygen atoms in total. The molecule has 0 saturated heterocycles. The van der Waals surface area contributed by atoms with Crippen LogP contribution in [0.4, 0.5) is 0 Å². The number of hydrogen-bond acceptors (Lipinski definition) is 2. The van der Waals surface area contributed by atoms with Crippen LogP contribution in [0.5, 0.6) is 0 Å². The van der Waals surface area contributed by atoms with Gasteiger partial charge in [0, 0.05) is 15.8 Å². The fourth-order valence-electron chi connectivity index (χ4n) is 2.71. The number of hydrogen-bond donors (Lipinski definition) is 1. The van der Waals surface area contributed by atoms with Crippen LogP contribution >= 0.6 is 11.3 Å². The van der Waals surface area contributed by atoms with Gasteiger partial charge in [-0.2, -0.15) is 0 Å². The van der Waals surface area contributed by atoms with Gasteiger partial charge in [0.15, 0.2) is 0 Å². The van der Waals surface area contributed by atoms with Crippen molar-refractivity contribution in [3.05, 3.63) is 46.8 Å². The summed E-state index contributed by atoms with van der Waals surface area (Å²) >= 11 is 1.95. The van der Waals surface area contributed by atoms with Gasteiger partial charge in [0.2, 0.25) is 0 Å². The highest BCUT2D eigenvalue weighted by molar-refractivity contribution is 7.15. The summed E-state index contributed by atoms with van der Waals surface area (Å²) in [6.07, 6.45) is 4.72. The Bertz CT molecular complexity index is 544. The summed E-state index contributed by atoms with van der Waals surface area (Å²) in [5.41, 5.74) is 2.85. The zero-order chi connectivity index (χ0) is 15.1. The van der Waals surface area contributed by atoms with Crippen molar-refractivity contribution in [2.24, 2.45) is 0 Å². The molecule has 0 spiro atoms. The van der Waals surface area contributed by atoms with E-state index in [1.165, 1.54) is 40.1 Å². The standard InChI is InChI=1S/C19H27NS/c1-4-9-17(20-14-5-2)19-13-12-18(21-19)16-11-8-7-10-15(16)6-3/h7-8,10-13,17,20H,4-6,9,14H2,1-3H3. The number of nitrogens with one attached hydrogen (secondary N) is 1. The van der Waals surface area contributed by atoms with E-state index in [2.05, 4.69) is 62.5 Å². The molecule has 0 aliphatic rings. The second kappa shape index (κ2) is 8.35. The van der Waals surface area contributed by atoms with Crippen LogP contribution < -0.4 is 5.32 Å². The first kappa shape index (κ1) is 16.3. The summed E-state index contributed by atoms with van der Waals surface area (Å²) in [7, 11) is 0. The van der Waals surface area contributed by atoms with Crippen molar-refractivity contribution in [1.29, 1.82) is 0 Å². The molecule has 21 heavy (non-hydrogen) atoms. The molecule has 0 aliphatic carbocycles. The lowest BCUT2D eigenvalue weighted by Crippen LogP contribution is -2.21. The van der Waals surface area contributed by atoms with Crippen molar-refractivity contribution in [3.8, 4) is 10.4 Å². The SMILES string of the molecule is CCCNC(CCC)c1ccc(-c2ccccc2CC)s1.